The maximum Gasteiger partial charge on any atom is 0.309 e. The molecule has 5 atom stereocenters. The van der Waals surface area contributed by atoms with Gasteiger partial charge < -0.3 is 29.4 Å². The summed E-state index contributed by atoms with van der Waals surface area (Å²) in [4.78, 5) is 67.9. The Bertz CT molecular complexity index is 2520. The minimum Gasteiger partial charge on any atom is -0.496 e. The number of nitrogens with one attached hydrogen (secondary N) is 3. The molecule has 4 aliphatic rings. The zero-order valence-corrected chi connectivity index (χ0v) is 36.4. The molecular formula is C42H50N8O9S2. The van der Waals surface area contributed by atoms with Gasteiger partial charge in [0.25, 0.3) is 5.91 Å². The van der Waals surface area contributed by atoms with Crippen molar-refractivity contribution in [2.75, 3.05) is 13.7 Å². The van der Waals surface area contributed by atoms with Gasteiger partial charge in [-0.2, -0.15) is 0 Å². The SMILES string of the molecule is COc1ccc2c(O[C@@H]3C[C@H]4C(=O)N[C@]5(C(=O)NS(=O)(=O)C6CC6)C[C@H]5/C=C\CCCCC[C@H](NC(=O)c5nnc(C)o5)C(=O)N4C3)cc(-c3nc(C(C)C)cs3)nc2c1C. The second kappa shape index (κ2) is 16.8. The number of pyridine rings is 1. The standard InChI is InChI=1S/C42H50N8O9S2/c1-22(2)31-21-60-39(45-31)30-18-34(28-15-16-33(57-5)23(3)35(28)43-30)59-26-17-32-36(51)46-42(41(54)49-61(55,56)27-13-14-27)19-25(42)11-9-7-6-8-10-12-29(40(53)50(32)20-26)44-37(52)38-48-47-24(4)58-38/h9,11,15-16,18,21-22,25-27,29,32H,6-8,10,12-14,17,19-20H2,1-5H3,(H,44,52)(H,46,51)(H,49,54)/b11-9-/t25-,26-,29+,32+,42-/m1/s1. The predicted molar refractivity (Wildman–Crippen MR) is 224 cm³/mol. The normalized spacial score (nSPS) is 25.2. The van der Waals surface area contributed by atoms with Crippen molar-refractivity contribution < 1.29 is 41.5 Å². The van der Waals surface area contributed by atoms with Crippen molar-refractivity contribution in [3.63, 3.8) is 0 Å². The van der Waals surface area contributed by atoms with Crippen LogP contribution in [0.4, 0.5) is 0 Å². The number of methoxy groups -OCH3 is 1. The summed E-state index contributed by atoms with van der Waals surface area (Å²) in [5.74, 6) is -1.99. The van der Waals surface area contributed by atoms with E-state index in [0.29, 0.717) is 58.8 Å². The van der Waals surface area contributed by atoms with Crippen molar-refractivity contribution in [3.8, 4) is 22.2 Å². The molecule has 1 saturated heterocycles. The molecule has 61 heavy (non-hydrogen) atoms. The number of sulfonamides is 1. The van der Waals surface area contributed by atoms with E-state index in [1.54, 1.807) is 14.0 Å². The number of carbonyl (C=O) groups is 4. The number of rotatable bonds is 10. The quantitative estimate of drug-likeness (QED) is 0.185. The van der Waals surface area contributed by atoms with Crippen molar-refractivity contribution in [2.24, 2.45) is 5.92 Å². The fraction of sp³-hybridized carbons (Fsp3) is 0.524. The van der Waals surface area contributed by atoms with Crippen LogP contribution >= 0.6 is 11.3 Å². The molecule has 17 nitrogen and oxygen atoms in total. The monoisotopic (exact) mass is 874 g/mol. The molecule has 2 aliphatic carbocycles. The van der Waals surface area contributed by atoms with Crippen LogP contribution in [0.1, 0.15) is 105 Å². The number of hydrogen-bond acceptors (Lipinski definition) is 14. The highest BCUT2D eigenvalue weighted by Gasteiger charge is 2.62. The Hall–Kier alpha value is -5.43. The first-order valence-corrected chi connectivity index (χ1v) is 23.2. The molecule has 4 amide bonds. The number of ether oxygens (including phenoxy) is 2. The maximum atomic E-state index is 14.8. The zero-order valence-electron chi connectivity index (χ0n) is 34.7. The molecule has 0 radical (unpaired) electrons. The average molecular weight is 875 g/mol. The van der Waals surface area contributed by atoms with Gasteiger partial charge in [0.1, 0.15) is 45.9 Å². The molecule has 3 N–H and O–H groups in total. The Morgan fingerprint density at radius 1 is 1.07 bits per heavy atom. The minimum atomic E-state index is -3.93. The van der Waals surface area contributed by atoms with Crippen molar-refractivity contribution in [1.82, 2.24) is 40.4 Å². The molecule has 0 unspecified atom stereocenters. The number of amides is 4. The van der Waals surface area contributed by atoms with Crippen LogP contribution in [0.15, 0.2) is 40.1 Å². The van der Waals surface area contributed by atoms with Crippen molar-refractivity contribution in [3.05, 3.63) is 58.8 Å². The lowest BCUT2D eigenvalue weighted by molar-refractivity contribution is -0.141. The van der Waals surface area contributed by atoms with Crippen LogP contribution in [0.25, 0.3) is 21.6 Å². The van der Waals surface area contributed by atoms with E-state index >= 15 is 0 Å². The molecule has 2 saturated carbocycles. The van der Waals surface area contributed by atoms with E-state index in [2.05, 4.69) is 39.4 Å². The first-order chi connectivity index (χ1) is 29.2. The van der Waals surface area contributed by atoms with E-state index in [1.165, 1.54) is 16.2 Å². The van der Waals surface area contributed by atoms with E-state index in [9.17, 15) is 27.6 Å². The maximum absolute atomic E-state index is 14.8. The number of aryl methyl sites for hydroxylation is 2. The van der Waals surface area contributed by atoms with Crippen molar-refractivity contribution in [1.29, 1.82) is 0 Å². The van der Waals surface area contributed by atoms with Gasteiger partial charge in [-0.05, 0) is 63.5 Å². The molecule has 19 heteroatoms. The summed E-state index contributed by atoms with van der Waals surface area (Å²) in [6.07, 6.45) is 7.17. The Kier molecular flexibility index (Phi) is 11.6. The summed E-state index contributed by atoms with van der Waals surface area (Å²) in [6.45, 7) is 7.54. The van der Waals surface area contributed by atoms with Gasteiger partial charge in [0.05, 0.1) is 30.1 Å². The van der Waals surface area contributed by atoms with E-state index in [1.807, 2.05) is 42.7 Å². The second-order valence-electron chi connectivity index (χ2n) is 16.7. The lowest BCUT2D eigenvalue weighted by Crippen LogP contribution is -2.58. The van der Waals surface area contributed by atoms with Crippen LogP contribution in [0.2, 0.25) is 0 Å². The Morgan fingerprint density at radius 3 is 2.57 bits per heavy atom. The number of aromatic nitrogens is 4. The van der Waals surface area contributed by atoms with Crippen molar-refractivity contribution in [2.45, 2.75) is 120 Å². The molecule has 8 rings (SSSR count). The highest BCUT2D eigenvalue weighted by Crippen LogP contribution is 2.46. The first-order valence-electron chi connectivity index (χ1n) is 20.7. The molecule has 0 spiro atoms. The van der Waals surface area contributed by atoms with Crippen LogP contribution in [-0.2, 0) is 24.4 Å². The first kappa shape index (κ1) is 42.3. The Balaban J connectivity index is 1.15. The fourth-order valence-corrected chi connectivity index (χ4v) is 10.4. The van der Waals surface area contributed by atoms with Gasteiger partial charge in [-0.25, -0.2) is 18.4 Å². The van der Waals surface area contributed by atoms with E-state index in [-0.39, 0.29) is 43.5 Å². The van der Waals surface area contributed by atoms with E-state index in [4.69, 9.17) is 23.9 Å². The summed E-state index contributed by atoms with van der Waals surface area (Å²) < 4.78 is 45.9. The van der Waals surface area contributed by atoms with Gasteiger partial charge in [0.15, 0.2) is 0 Å². The number of fused-ring (bicyclic) bond motifs is 3. The van der Waals surface area contributed by atoms with Crippen LogP contribution < -0.4 is 24.8 Å². The van der Waals surface area contributed by atoms with Gasteiger partial charge in [-0.3, -0.25) is 23.9 Å². The molecule has 3 fully saturated rings. The van der Waals surface area contributed by atoms with Crippen LogP contribution in [0, 0.1) is 19.8 Å². The zero-order chi connectivity index (χ0) is 43.2. The summed E-state index contributed by atoms with van der Waals surface area (Å²) in [5.41, 5.74) is 1.39. The number of carbonyl (C=O) groups excluding carboxylic acids is 4. The highest BCUT2D eigenvalue weighted by atomic mass is 32.2. The second-order valence-corrected chi connectivity index (χ2v) is 19.5. The predicted octanol–water partition coefficient (Wildman–Crippen LogP) is 4.64. The largest absolute Gasteiger partial charge is 0.496 e. The summed E-state index contributed by atoms with van der Waals surface area (Å²) in [5, 5.41) is 16.0. The number of allylic oxidation sites excluding steroid dienone is 1. The van der Waals surface area contributed by atoms with Gasteiger partial charge >= 0.3 is 11.8 Å². The Labute approximate surface area is 357 Å². The third-order valence-corrected chi connectivity index (χ3v) is 14.6. The van der Waals surface area contributed by atoms with Gasteiger partial charge in [0.2, 0.25) is 27.7 Å². The lowest BCUT2D eigenvalue weighted by atomic mass is 10.0. The van der Waals surface area contributed by atoms with Crippen LogP contribution in [0.3, 0.4) is 0 Å². The number of benzene rings is 1. The van der Waals surface area contributed by atoms with Gasteiger partial charge in [-0.15, -0.1) is 21.5 Å². The third kappa shape index (κ3) is 8.71. The molecule has 2 aliphatic heterocycles. The highest BCUT2D eigenvalue weighted by molar-refractivity contribution is 7.91. The van der Waals surface area contributed by atoms with E-state index in [0.717, 1.165) is 24.1 Å². The molecule has 0 bridgehead atoms. The van der Waals surface area contributed by atoms with Crippen LogP contribution in [-0.4, -0.2) is 99.7 Å². The van der Waals surface area contributed by atoms with Gasteiger partial charge in [0, 0.05) is 41.7 Å². The summed E-state index contributed by atoms with van der Waals surface area (Å²) in [7, 11) is -2.34. The van der Waals surface area contributed by atoms with Crippen molar-refractivity contribution >= 4 is 55.9 Å². The fourth-order valence-electron chi connectivity index (χ4n) is 8.11. The molecule has 324 valence electrons. The summed E-state index contributed by atoms with van der Waals surface area (Å²) >= 11 is 1.47. The molecule has 1 aromatic carbocycles. The van der Waals surface area contributed by atoms with E-state index < -0.39 is 68.5 Å². The smallest absolute Gasteiger partial charge is 0.309 e. The number of hydrogen-bond donors (Lipinski definition) is 3. The van der Waals surface area contributed by atoms with Crippen LogP contribution in [0.5, 0.6) is 11.5 Å². The summed E-state index contributed by atoms with van der Waals surface area (Å²) in [6, 6.07) is 3.25. The van der Waals surface area contributed by atoms with Gasteiger partial charge in [-0.1, -0.05) is 38.8 Å². The number of thiazole rings is 1. The average Bonchev–Trinajstić information content (AvgIpc) is 4.01. The Morgan fingerprint density at radius 2 is 1.87 bits per heavy atom. The number of nitrogens with zero attached hydrogens (tertiary/aromatic N) is 5. The third-order valence-electron chi connectivity index (χ3n) is 11.9. The minimum absolute atomic E-state index is 0.0166. The molecule has 4 aromatic rings. The lowest BCUT2D eigenvalue weighted by Gasteiger charge is -2.29. The molecule has 5 heterocycles. The molecule has 3 aromatic heterocycles. The topological polar surface area (TPSA) is 225 Å². The molecular weight excluding hydrogens is 825 g/mol.